The zero-order valence-corrected chi connectivity index (χ0v) is 6.01. The zero-order valence-electron chi connectivity index (χ0n) is 6.01. The van der Waals surface area contributed by atoms with Crippen molar-refractivity contribution in [2.45, 2.75) is 12.8 Å². The van der Waals surface area contributed by atoms with Gasteiger partial charge in [-0.1, -0.05) is 0 Å². The minimum Gasteiger partial charge on any atom is -0.468 e. The second kappa shape index (κ2) is 4.28. The van der Waals surface area contributed by atoms with Crippen molar-refractivity contribution in [1.29, 1.82) is 0 Å². The molecule has 1 atom stereocenters. The molecule has 0 radical (unpaired) electrons. The van der Waals surface area contributed by atoms with Crippen LogP contribution in [-0.4, -0.2) is 26.2 Å². The van der Waals surface area contributed by atoms with Gasteiger partial charge in [0.15, 0.2) is 0 Å². The van der Waals surface area contributed by atoms with Gasteiger partial charge in [-0.2, -0.15) is 0 Å². The van der Waals surface area contributed by atoms with E-state index in [2.05, 4.69) is 10.1 Å². The summed E-state index contributed by atoms with van der Waals surface area (Å²) in [4.78, 5) is 9.80. The van der Waals surface area contributed by atoms with Crippen molar-refractivity contribution in [2.24, 2.45) is 5.92 Å². The van der Waals surface area contributed by atoms with Crippen LogP contribution in [0.5, 0.6) is 0 Å². The molecule has 0 aromatic carbocycles. The van der Waals surface area contributed by atoms with Gasteiger partial charge in [0.2, 0.25) is 0 Å². The van der Waals surface area contributed by atoms with Crippen LogP contribution in [0.1, 0.15) is 12.8 Å². The third-order valence-corrected chi connectivity index (χ3v) is 1.80. The summed E-state index contributed by atoms with van der Waals surface area (Å²) in [7, 11) is 0. The predicted molar refractivity (Wildman–Crippen MR) is 37.6 cm³/mol. The standard InChI is InChI=1S/C7H13NO2/c9-6-10-5-7-2-1-3-8-4-7/h6-8H,1-5H2. The Hall–Kier alpha value is -0.570. The summed E-state index contributed by atoms with van der Waals surface area (Å²) in [6, 6.07) is 0. The summed E-state index contributed by atoms with van der Waals surface area (Å²) in [5, 5.41) is 3.25. The molecule has 0 amide bonds. The molecule has 10 heavy (non-hydrogen) atoms. The minimum atomic E-state index is 0.522. The molecule has 1 unspecified atom stereocenters. The Balaban J connectivity index is 2.07. The average molecular weight is 143 g/mol. The molecule has 0 bridgehead atoms. The highest BCUT2D eigenvalue weighted by molar-refractivity contribution is 5.36. The van der Waals surface area contributed by atoms with Crippen molar-refractivity contribution in [3.05, 3.63) is 0 Å². The van der Waals surface area contributed by atoms with Gasteiger partial charge < -0.3 is 10.1 Å². The summed E-state index contributed by atoms with van der Waals surface area (Å²) in [6.45, 7) is 3.20. The monoisotopic (exact) mass is 143 g/mol. The largest absolute Gasteiger partial charge is 0.468 e. The second-order valence-corrected chi connectivity index (χ2v) is 2.64. The Labute approximate surface area is 60.7 Å². The lowest BCUT2D eigenvalue weighted by atomic mass is 10.0. The van der Waals surface area contributed by atoms with E-state index in [0.29, 0.717) is 19.0 Å². The fourth-order valence-corrected chi connectivity index (χ4v) is 1.24. The minimum absolute atomic E-state index is 0.522. The van der Waals surface area contributed by atoms with E-state index in [1.165, 1.54) is 12.8 Å². The van der Waals surface area contributed by atoms with E-state index in [1.54, 1.807) is 0 Å². The van der Waals surface area contributed by atoms with Gasteiger partial charge in [0.25, 0.3) is 6.47 Å². The van der Waals surface area contributed by atoms with Crippen molar-refractivity contribution in [3.63, 3.8) is 0 Å². The van der Waals surface area contributed by atoms with Crippen LogP contribution in [0.15, 0.2) is 0 Å². The molecule has 58 valence electrons. The SMILES string of the molecule is O=COCC1CCCNC1. The van der Waals surface area contributed by atoms with E-state index in [4.69, 9.17) is 0 Å². The van der Waals surface area contributed by atoms with Crippen molar-refractivity contribution in [3.8, 4) is 0 Å². The summed E-state index contributed by atoms with van der Waals surface area (Å²) in [6.07, 6.45) is 2.38. The van der Waals surface area contributed by atoms with E-state index in [9.17, 15) is 4.79 Å². The van der Waals surface area contributed by atoms with Crippen LogP contribution in [0.4, 0.5) is 0 Å². The summed E-state index contributed by atoms with van der Waals surface area (Å²) >= 11 is 0. The molecule has 0 spiro atoms. The number of hydrogen-bond donors (Lipinski definition) is 1. The molecular weight excluding hydrogens is 130 g/mol. The van der Waals surface area contributed by atoms with Gasteiger partial charge in [-0.15, -0.1) is 0 Å². The molecule has 1 aliphatic rings. The van der Waals surface area contributed by atoms with Crippen LogP contribution in [0, 0.1) is 5.92 Å². The normalized spacial score (nSPS) is 25.8. The van der Waals surface area contributed by atoms with Crippen LogP contribution >= 0.6 is 0 Å². The van der Waals surface area contributed by atoms with Gasteiger partial charge in [-0.3, -0.25) is 4.79 Å². The fraction of sp³-hybridized carbons (Fsp3) is 0.857. The zero-order chi connectivity index (χ0) is 7.23. The molecule has 0 aromatic rings. The van der Waals surface area contributed by atoms with Crippen LogP contribution in [0.25, 0.3) is 0 Å². The van der Waals surface area contributed by atoms with E-state index in [1.807, 2.05) is 0 Å². The third-order valence-electron chi connectivity index (χ3n) is 1.80. The summed E-state index contributed by atoms with van der Waals surface area (Å²) in [5.41, 5.74) is 0. The first-order valence-corrected chi connectivity index (χ1v) is 3.69. The maximum Gasteiger partial charge on any atom is 0.293 e. The predicted octanol–water partition coefficient (Wildman–Crippen LogP) is 0.159. The van der Waals surface area contributed by atoms with Crippen molar-refractivity contribution >= 4 is 6.47 Å². The Morgan fingerprint density at radius 1 is 1.70 bits per heavy atom. The Kier molecular flexibility index (Phi) is 3.22. The molecule has 1 heterocycles. The maximum atomic E-state index is 9.80. The first-order valence-electron chi connectivity index (χ1n) is 3.69. The maximum absolute atomic E-state index is 9.80. The Morgan fingerprint density at radius 3 is 3.20 bits per heavy atom. The number of carbonyl (C=O) groups is 1. The highest BCUT2D eigenvalue weighted by atomic mass is 16.5. The quantitative estimate of drug-likeness (QED) is 0.572. The molecule has 1 fully saturated rings. The van der Waals surface area contributed by atoms with Crippen LogP contribution < -0.4 is 5.32 Å². The molecule has 0 aromatic heterocycles. The highest BCUT2D eigenvalue weighted by Gasteiger charge is 2.12. The topological polar surface area (TPSA) is 38.3 Å². The average Bonchev–Trinajstić information content (AvgIpc) is 2.03. The molecule has 1 saturated heterocycles. The fourth-order valence-electron chi connectivity index (χ4n) is 1.24. The van der Waals surface area contributed by atoms with Gasteiger partial charge in [-0.05, 0) is 19.4 Å². The molecule has 0 saturated carbocycles. The van der Waals surface area contributed by atoms with Crippen LogP contribution in [0.2, 0.25) is 0 Å². The number of ether oxygens (including phenoxy) is 1. The van der Waals surface area contributed by atoms with Gasteiger partial charge in [0.1, 0.15) is 0 Å². The van der Waals surface area contributed by atoms with Crippen molar-refractivity contribution in [1.82, 2.24) is 5.32 Å². The van der Waals surface area contributed by atoms with Gasteiger partial charge in [-0.25, -0.2) is 0 Å². The Bertz CT molecular complexity index is 99.8. The Morgan fingerprint density at radius 2 is 2.60 bits per heavy atom. The van der Waals surface area contributed by atoms with E-state index in [0.717, 1.165) is 13.1 Å². The lowest BCUT2D eigenvalue weighted by molar-refractivity contribution is -0.130. The number of nitrogens with one attached hydrogen (secondary N) is 1. The molecular formula is C7H13NO2. The van der Waals surface area contributed by atoms with Gasteiger partial charge >= 0.3 is 0 Å². The first-order chi connectivity index (χ1) is 4.93. The molecule has 0 aliphatic carbocycles. The summed E-state index contributed by atoms with van der Waals surface area (Å²) < 4.78 is 4.65. The molecule has 3 heteroatoms. The summed E-state index contributed by atoms with van der Waals surface area (Å²) in [5.74, 6) is 0.541. The molecule has 1 N–H and O–H groups in total. The molecule has 1 rings (SSSR count). The van der Waals surface area contributed by atoms with E-state index < -0.39 is 0 Å². The second-order valence-electron chi connectivity index (χ2n) is 2.64. The third kappa shape index (κ3) is 2.35. The first kappa shape index (κ1) is 7.54. The highest BCUT2D eigenvalue weighted by Crippen LogP contribution is 2.08. The number of piperidine rings is 1. The van der Waals surface area contributed by atoms with Gasteiger partial charge in [0, 0.05) is 12.5 Å². The smallest absolute Gasteiger partial charge is 0.293 e. The lowest BCUT2D eigenvalue weighted by Crippen LogP contribution is -2.32. The number of rotatable bonds is 3. The van der Waals surface area contributed by atoms with Crippen molar-refractivity contribution < 1.29 is 9.53 Å². The number of hydrogen-bond acceptors (Lipinski definition) is 3. The van der Waals surface area contributed by atoms with E-state index in [-0.39, 0.29) is 0 Å². The van der Waals surface area contributed by atoms with Crippen LogP contribution in [-0.2, 0) is 9.53 Å². The van der Waals surface area contributed by atoms with Crippen LogP contribution in [0.3, 0.4) is 0 Å². The van der Waals surface area contributed by atoms with Gasteiger partial charge in [0.05, 0.1) is 6.61 Å². The molecule has 1 aliphatic heterocycles. The lowest BCUT2D eigenvalue weighted by Gasteiger charge is -2.21. The van der Waals surface area contributed by atoms with Crippen molar-refractivity contribution in [2.75, 3.05) is 19.7 Å². The molecule has 3 nitrogen and oxygen atoms in total. The number of carbonyl (C=O) groups excluding carboxylic acids is 1. The van der Waals surface area contributed by atoms with E-state index >= 15 is 0 Å².